The lowest BCUT2D eigenvalue weighted by Crippen LogP contribution is -2.45. The maximum atomic E-state index is 4.21. The summed E-state index contributed by atoms with van der Waals surface area (Å²) in [5.41, 5.74) is 8.73. The first-order chi connectivity index (χ1) is 16.6. The third-order valence-electron chi connectivity index (χ3n) is 6.49. The van der Waals surface area contributed by atoms with E-state index in [0.29, 0.717) is 0 Å². The van der Waals surface area contributed by atoms with Gasteiger partial charge in [-0.2, -0.15) is 0 Å². The fourth-order valence-electron chi connectivity index (χ4n) is 4.95. The van der Waals surface area contributed by atoms with Crippen LogP contribution in [0.1, 0.15) is 33.4 Å². The van der Waals surface area contributed by atoms with Crippen LogP contribution in [0.4, 0.5) is 0 Å². The minimum absolute atomic E-state index is 0.571. The molecule has 0 spiro atoms. The summed E-state index contributed by atoms with van der Waals surface area (Å²) in [6.45, 7) is 0. The molecule has 34 heavy (non-hydrogen) atoms. The van der Waals surface area contributed by atoms with Crippen LogP contribution in [-0.2, 0) is 8.65 Å². The van der Waals surface area contributed by atoms with Crippen molar-refractivity contribution in [1.82, 2.24) is 0 Å². The van der Waals surface area contributed by atoms with Gasteiger partial charge in [0, 0.05) is 22.3 Å². The molecule has 4 aromatic carbocycles. The molecule has 0 nitrogen and oxygen atoms in total. The van der Waals surface area contributed by atoms with Gasteiger partial charge in [0.05, 0.1) is 0 Å². The highest BCUT2D eigenvalue weighted by atomic mass is 79.9. The van der Waals surface area contributed by atoms with Crippen molar-refractivity contribution in [2.45, 2.75) is 8.65 Å². The largest absolute Gasteiger partial charge is 0.110 e. The number of halogens is 2. The highest BCUT2D eigenvalue weighted by Gasteiger charge is 2.57. The summed E-state index contributed by atoms with van der Waals surface area (Å²) < 4.78 is -1.14. The predicted molar refractivity (Wildman–Crippen MR) is 146 cm³/mol. The Kier molecular flexibility index (Phi) is 5.11. The number of alkyl halides is 2. The summed E-state index contributed by atoms with van der Waals surface area (Å²) >= 11 is 8.42. The Morgan fingerprint density at radius 2 is 0.676 bits per heavy atom. The number of benzene rings is 4. The first kappa shape index (κ1) is 21.2. The molecule has 0 unspecified atom stereocenters. The topological polar surface area (TPSA) is 0 Å². The van der Waals surface area contributed by atoms with Crippen molar-refractivity contribution >= 4 is 31.9 Å². The van der Waals surface area contributed by atoms with Gasteiger partial charge in [0.15, 0.2) is 0 Å². The van der Waals surface area contributed by atoms with E-state index < -0.39 is 8.65 Å². The quantitative estimate of drug-likeness (QED) is 0.152. The van der Waals surface area contributed by atoms with Crippen molar-refractivity contribution in [3.63, 3.8) is 0 Å². The van der Waals surface area contributed by atoms with Gasteiger partial charge in [-0.3, -0.25) is 0 Å². The van der Waals surface area contributed by atoms with E-state index >= 15 is 0 Å². The SMILES string of the molecule is BrC12C(C#Cc3ccccc3)=C(C#Cc3ccccc3)C(Br)(c3ccccc31)c1ccccc12. The molecule has 0 radical (unpaired) electrons. The summed E-state index contributed by atoms with van der Waals surface area (Å²) in [5, 5.41) is 0. The smallest absolute Gasteiger partial charge is 0.0688 e. The average molecular weight is 562 g/mol. The van der Waals surface area contributed by atoms with E-state index in [1.807, 2.05) is 60.7 Å². The van der Waals surface area contributed by atoms with E-state index in [9.17, 15) is 0 Å². The van der Waals surface area contributed by atoms with E-state index in [2.05, 4.69) is 104 Å². The molecule has 0 fully saturated rings. The molecule has 3 aliphatic carbocycles. The van der Waals surface area contributed by atoms with E-state index in [0.717, 1.165) is 22.3 Å². The number of hydrogen-bond acceptors (Lipinski definition) is 0. The normalized spacial score (nSPS) is 21.5. The fraction of sp³-hybridized carbons (Fsp3) is 0.0625. The lowest BCUT2D eigenvalue weighted by molar-refractivity contribution is 0.709. The predicted octanol–water partition coefficient (Wildman–Crippen LogP) is 7.69. The van der Waals surface area contributed by atoms with Crippen LogP contribution in [0.2, 0.25) is 0 Å². The molecule has 0 saturated carbocycles. The van der Waals surface area contributed by atoms with Crippen molar-refractivity contribution in [3.05, 3.63) is 154 Å². The Hall–Kier alpha value is -3.30. The maximum Gasteiger partial charge on any atom is 0.110 e. The fourth-order valence-corrected chi connectivity index (χ4v) is 6.93. The highest BCUT2D eigenvalue weighted by Crippen LogP contribution is 2.66. The molecule has 3 aliphatic rings. The first-order valence-corrected chi connectivity index (χ1v) is 12.7. The Morgan fingerprint density at radius 3 is 1.00 bits per heavy atom. The van der Waals surface area contributed by atoms with Crippen LogP contribution in [0.25, 0.3) is 0 Å². The lowest BCUT2D eigenvalue weighted by Gasteiger charge is -2.50. The molecule has 7 rings (SSSR count). The van der Waals surface area contributed by atoms with Crippen LogP contribution in [0.5, 0.6) is 0 Å². The molecular weight excluding hydrogens is 544 g/mol. The second-order valence-corrected chi connectivity index (χ2v) is 10.8. The lowest BCUT2D eigenvalue weighted by atomic mass is 9.61. The monoisotopic (exact) mass is 560 g/mol. The summed E-state index contributed by atoms with van der Waals surface area (Å²) in [7, 11) is 0. The van der Waals surface area contributed by atoms with Gasteiger partial charge in [-0.1, -0.05) is 140 Å². The molecule has 2 heteroatoms. The van der Waals surface area contributed by atoms with Crippen molar-refractivity contribution in [3.8, 4) is 23.7 Å². The van der Waals surface area contributed by atoms with E-state index in [1.54, 1.807) is 0 Å². The third-order valence-corrected chi connectivity index (χ3v) is 8.99. The third kappa shape index (κ3) is 3.07. The summed E-state index contributed by atoms with van der Waals surface area (Å²) in [4.78, 5) is 0. The van der Waals surface area contributed by atoms with Crippen molar-refractivity contribution in [1.29, 1.82) is 0 Å². The van der Waals surface area contributed by atoms with Gasteiger partial charge >= 0.3 is 0 Å². The van der Waals surface area contributed by atoms with Crippen LogP contribution >= 0.6 is 31.9 Å². The molecule has 0 aromatic heterocycles. The zero-order valence-corrected chi connectivity index (χ0v) is 21.3. The van der Waals surface area contributed by atoms with E-state index in [4.69, 9.17) is 0 Å². The van der Waals surface area contributed by atoms with Crippen LogP contribution < -0.4 is 0 Å². The van der Waals surface area contributed by atoms with Crippen LogP contribution in [0.15, 0.2) is 120 Å². The Labute approximate surface area is 217 Å². The molecule has 0 amide bonds. The molecule has 0 heterocycles. The van der Waals surface area contributed by atoms with Crippen molar-refractivity contribution < 1.29 is 0 Å². The minimum atomic E-state index is -0.571. The molecular formula is C32H18Br2. The summed E-state index contributed by atoms with van der Waals surface area (Å²) in [6, 6.07) is 37.4. The van der Waals surface area contributed by atoms with Gasteiger partial charge in [0.2, 0.25) is 0 Å². The first-order valence-electron chi connectivity index (χ1n) is 11.1. The zero-order chi connectivity index (χ0) is 23.2. The molecule has 0 atom stereocenters. The molecule has 0 aliphatic heterocycles. The Balaban J connectivity index is 1.69. The van der Waals surface area contributed by atoms with Crippen LogP contribution in [0, 0.1) is 23.7 Å². The molecule has 2 bridgehead atoms. The van der Waals surface area contributed by atoms with Gasteiger partial charge in [-0.15, -0.1) is 0 Å². The Morgan fingerprint density at radius 1 is 0.382 bits per heavy atom. The van der Waals surface area contributed by atoms with Gasteiger partial charge in [-0.25, -0.2) is 0 Å². The van der Waals surface area contributed by atoms with E-state index in [-0.39, 0.29) is 0 Å². The Bertz CT molecular complexity index is 1410. The van der Waals surface area contributed by atoms with Crippen LogP contribution in [0.3, 0.4) is 0 Å². The highest BCUT2D eigenvalue weighted by molar-refractivity contribution is 9.10. The maximum absolute atomic E-state index is 4.21. The second-order valence-electron chi connectivity index (χ2n) is 8.39. The summed E-state index contributed by atoms with van der Waals surface area (Å²) in [6.07, 6.45) is 0. The van der Waals surface area contributed by atoms with Gasteiger partial charge in [0.1, 0.15) is 8.65 Å². The standard InChI is InChI=1S/C32H18Br2/c33-31-25-15-7-9-17-27(25)32(34,28-18-10-8-16-26(28)31)30(22-20-24-13-5-2-6-14-24)29(31)21-19-23-11-3-1-4-12-23/h1-18H. The van der Waals surface area contributed by atoms with Crippen molar-refractivity contribution in [2.24, 2.45) is 0 Å². The second kappa shape index (κ2) is 8.18. The number of hydrogen-bond donors (Lipinski definition) is 0. The number of allylic oxidation sites excluding steroid dienone is 2. The molecule has 160 valence electrons. The number of rotatable bonds is 0. The van der Waals surface area contributed by atoms with Crippen molar-refractivity contribution in [2.75, 3.05) is 0 Å². The van der Waals surface area contributed by atoms with Crippen LogP contribution in [-0.4, -0.2) is 0 Å². The molecule has 4 aromatic rings. The van der Waals surface area contributed by atoms with Gasteiger partial charge in [0.25, 0.3) is 0 Å². The average Bonchev–Trinajstić information content (AvgIpc) is 2.90. The van der Waals surface area contributed by atoms with Gasteiger partial charge in [-0.05, 0) is 46.5 Å². The van der Waals surface area contributed by atoms with E-state index in [1.165, 1.54) is 22.3 Å². The summed E-state index contributed by atoms with van der Waals surface area (Å²) in [5.74, 6) is 13.9. The van der Waals surface area contributed by atoms with Gasteiger partial charge < -0.3 is 0 Å². The minimum Gasteiger partial charge on any atom is -0.0688 e. The molecule has 0 saturated heterocycles. The molecule has 0 N–H and O–H groups in total. The zero-order valence-electron chi connectivity index (χ0n) is 18.1.